The second-order valence-electron chi connectivity index (χ2n) is 14.9. The maximum Gasteiger partial charge on any atom is 0.416 e. The molecule has 4 heterocycles. The number of hydrogen-bond acceptors (Lipinski definition) is 2. The van der Waals surface area contributed by atoms with E-state index in [2.05, 4.69) is 0 Å². The van der Waals surface area contributed by atoms with Crippen LogP contribution >= 0.6 is 22.7 Å². The van der Waals surface area contributed by atoms with E-state index in [-0.39, 0.29) is 0 Å². The number of aromatic nitrogens is 2. The van der Waals surface area contributed by atoms with Crippen molar-refractivity contribution in [2.24, 2.45) is 0 Å². The van der Waals surface area contributed by atoms with Crippen LogP contribution in [0.15, 0.2) is 133 Å². The van der Waals surface area contributed by atoms with E-state index < -0.39 is 63.3 Å². The van der Waals surface area contributed by atoms with E-state index in [1.54, 1.807) is 48.5 Å². The number of fused-ring (bicyclic) bond motifs is 14. The van der Waals surface area contributed by atoms with Gasteiger partial charge in [0.15, 0.2) is 23.3 Å². The van der Waals surface area contributed by atoms with Gasteiger partial charge in [0.25, 0.3) is 0 Å². The zero-order valence-electron chi connectivity index (χ0n) is 30.9. The summed E-state index contributed by atoms with van der Waals surface area (Å²) in [5, 5.41) is 5.27. The number of thiophene rings is 2. The first kappa shape index (κ1) is 36.1. The van der Waals surface area contributed by atoms with Crippen molar-refractivity contribution in [2.75, 3.05) is 0 Å². The van der Waals surface area contributed by atoms with Crippen LogP contribution in [0.5, 0.6) is 0 Å². The van der Waals surface area contributed by atoms with Gasteiger partial charge in [-0.2, -0.15) is 13.2 Å². The molecule has 0 amide bonds. The monoisotopic (exact) mass is 854 g/mol. The summed E-state index contributed by atoms with van der Waals surface area (Å²) in [5.74, 6) is -11.2. The molecule has 0 fully saturated rings. The Hall–Kier alpha value is -6.76. The van der Waals surface area contributed by atoms with Crippen molar-refractivity contribution in [1.29, 1.82) is 0 Å². The fourth-order valence-corrected chi connectivity index (χ4v) is 11.5. The molecule has 12 heteroatoms. The Bertz CT molecular complexity index is 3650. The number of hydrogen-bond donors (Lipinski definition) is 0. The minimum absolute atomic E-state index is 0.351. The molecule has 0 N–H and O–H groups in total. The van der Waals surface area contributed by atoms with Gasteiger partial charge in [-0.1, -0.05) is 84.9 Å². The molecular weight excluding hydrogens is 833 g/mol. The molecule has 0 bridgehead atoms. The van der Waals surface area contributed by atoms with E-state index in [9.17, 15) is 4.39 Å². The normalized spacial score (nSPS) is 12.6. The van der Waals surface area contributed by atoms with E-state index in [0.717, 1.165) is 41.7 Å². The standard InChI is InChI=1S/C49H22F8N2S2/c50-42-41(43(51)45(53)46(54)44(42)52)40-32(58-30-13-5-1-9-24(30)26-17-19-36-38(47(26)58)28-11-3-7-15-34(28)60-36)21-23(49(55,56)57)22-33(40)59-31-14-6-2-10-25(31)27-18-20-37-39(48(27)59)29-12-4-8-16-35(29)61-37/h1-22H. The maximum absolute atomic E-state index is 16.8. The summed E-state index contributed by atoms with van der Waals surface area (Å²) >= 11 is 2.92. The fraction of sp³-hybridized carbons (Fsp3) is 0.0204. The molecule has 8 aromatic carbocycles. The van der Waals surface area contributed by atoms with Crippen LogP contribution in [0.2, 0.25) is 0 Å². The number of benzene rings is 8. The van der Waals surface area contributed by atoms with Crippen molar-refractivity contribution in [3.05, 3.63) is 168 Å². The van der Waals surface area contributed by atoms with E-state index in [1.807, 2.05) is 72.8 Å². The highest BCUT2D eigenvalue weighted by molar-refractivity contribution is 7.26. The first-order valence-corrected chi connectivity index (χ1v) is 20.6. The smallest absolute Gasteiger partial charge is 0.308 e. The molecule has 12 rings (SSSR count). The molecule has 0 saturated carbocycles. The van der Waals surface area contributed by atoms with Crippen LogP contribution in [-0.4, -0.2) is 9.13 Å². The largest absolute Gasteiger partial charge is 0.416 e. The Kier molecular flexibility index (Phi) is 7.48. The van der Waals surface area contributed by atoms with Gasteiger partial charge < -0.3 is 9.13 Å². The lowest BCUT2D eigenvalue weighted by molar-refractivity contribution is -0.137. The molecule has 12 aromatic rings. The number of para-hydroxylation sites is 2. The van der Waals surface area contributed by atoms with Crippen molar-refractivity contribution in [3.8, 4) is 22.5 Å². The molecule has 0 atom stereocenters. The Morgan fingerprint density at radius 3 is 1.21 bits per heavy atom. The van der Waals surface area contributed by atoms with Crippen LogP contribution < -0.4 is 0 Å². The van der Waals surface area contributed by atoms with Crippen LogP contribution in [0.3, 0.4) is 0 Å². The summed E-state index contributed by atoms with van der Waals surface area (Å²) in [4.78, 5) is 0. The molecule has 61 heavy (non-hydrogen) atoms. The molecule has 0 saturated heterocycles. The molecule has 0 aliphatic carbocycles. The van der Waals surface area contributed by atoms with Gasteiger partial charge in [-0.25, -0.2) is 22.0 Å². The molecule has 4 aromatic heterocycles. The topological polar surface area (TPSA) is 9.86 Å². The van der Waals surface area contributed by atoms with Gasteiger partial charge in [0.1, 0.15) is 0 Å². The number of rotatable bonds is 3. The number of nitrogens with zero attached hydrogens (tertiary/aromatic N) is 2. The SMILES string of the molecule is Fc1c(F)c(F)c(-c2c(-n3c4ccccc4c4ccc5sc6ccccc6c5c43)cc(C(F)(F)F)cc2-n2c3ccccc3c3ccc4sc5ccccc5c4c32)c(F)c1F. The Labute approximate surface area is 346 Å². The lowest BCUT2D eigenvalue weighted by Gasteiger charge is -2.23. The van der Waals surface area contributed by atoms with Crippen LogP contribution in [-0.2, 0) is 6.18 Å². The molecule has 0 unspecified atom stereocenters. The Balaban J connectivity index is 1.39. The highest BCUT2D eigenvalue weighted by Crippen LogP contribution is 2.51. The summed E-state index contributed by atoms with van der Waals surface area (Å²) in [6.45, 7) is 0. The van der Waals surface area contributed by atoms with Crippen LogP contribution in [0, 0.1) is 29.1 Å². The molecule has 296 valence electrons. The predicted molar refractivity (Wildman–Crippen MR) is 231 cm³/mol. The highest BCUT2D eigenvalue weighted by Gasteiger charge is 2.37. The average Bonchev–Trinajstić information content (AvgIpc) is 4.02. The Morgan fingerprint density at radius 2 is 0.770 bits per heavy atom. The summed E-state index contributed by atoms with van der Waals surface area (Å²) in [6.07, 6.45) is -5.05. The second kappa shape index (κ2) is 12.6. The van der Waals surface area contributed by atoms with E-state index in [4.69, 9.17) is 0 Å². The second-order valence-corrected chi connectivity index (χ2v) is 17.1. The zero-order chi connectivity index (χ0) is 41.6. The van der Waals surface area contributed by atoms with Crippen molar-refractivity contribution < 1.29 is 35.1 Å². The van der Waals surface area contributed by atoms with Gasteiger partial charge in [-0.05, 0) is 48.5 Å². The molecule has 2 nitrogen and oxygen atoms in total. The van der Waals surface area contributed by atoms with Crippen LogP contribution in [0.1, 0.15) is 5.56 Å². The van der Waals surface area contributed by atoms with Gasteiger partial charge in [-0.15, -0.1) is 22.7 Å². The summed E-state index contributed by atoms with van der Waals surface area (Å²) in [7, 11) is 0. The van der Waals surface area contributed by atoms with Gasteiger partial charge in [0.05, 0.1) is 44.6 Å². The van der Waals surface area contributed by atoms with Gasteiger partial charge in [-0.3, -0.25) is 0 Å². The minimum Gasteiger partial charge on any atom is -0.308 e. The summed E-state index contributed by atoms with van der Waals surface area (Å²) < 4.78 is 133. The third-order valence-corrected chi connectivity index (χ3v) is 14.0. The van der Waals surface area contributed by atoms with E-state index >= 15 is 30.7 Å². The fourth-order valence-electron chi connectivity index (χ4n) is 9.24. The third-order valence-electron chi connectivity index (χ3n) is 11.7. The first-order valence-electron chi connectivity index (χ1n) is 19.0. The van der Waals surface area contributed by atoms with Gasteiger partial charge in [0, 0.05) is 67.5 Å². The average molecular weight is 855 g/mol. The quantitative estimate of drug-likeness (QED) is 0.0952. The van der Waals surface area contributed by atoms with E-state index in [1.165, 1.54) is 31.8 Å². The van der Waals surface area contributed by atoms with Crippen molar-refractivity contribution in [2.45, 2.75) is 6.18 Å². The minimum atomic E-state index is -5.05. The lowest BCUT2D eigenvalue weighted by atomic mass is 9.95. The highest BCUT2D eigenvalue weighted by atomic mass is 32.1. The molecule has 0 aliphatic heterocycles. The van der Waals surface area contributed by atoms with Crippen molar-refractivity contribution in [1.82, 2.24) is 9.13 Å². The third kappa shape index (κ3) is 4.88. The van der Waals surface area contributed by atoms with Crippen molar-refractivity contribution in [3.63, 3.8) is 0 Å². The summed E-state index contributed by atoms with van der Waals surface area (Å²) in [5.41, 5.74) is -2.55. The summed E-state index contributed by atoms with van der Waals surface area (Å²) in [6, 6.07) is 37.8. The molecule has 0 radical (unpaired) electrons. The van der Waals surface area contributed by atoms with Crippen LogP contribution in [0.4, 0.5) is 35.1 Å². The van der Waals surface area contributed by atoms with Gasteiger partial charge >= 0.3 is 6.18 Å². The maximum atomic E-state index is 16.8. The number of alkyl halides is 3. The van der Waals surface area contributed by atoms with Crippen LogP contribution in [0.25, 0.3) is 106 Å². The van der Waals surface area contributed by atoms with E-state index in [0.29, 0.717) is 54.4 Å². The lowest BCUT2D eigenvalue weighted by Crippen LogP contribution is -2.13. The molecular formula is C49H22F8N2S2. The van der Waals surface area contributed by atoms with Gasteiger partial charge in [0.2, 0.25) is 5.82 Å². The molecule has 0 aliphatic rings. The predicted octanol–water partition coefficient (Wildman–Crippen LogP) is 16.0. The first-order chi connectivity index (χ1) is 29.5. The zero-order valence-corrected chi connectivity index (χ0v) is 32.6. The number of halogens is 8. The van der Waals surface area contributed by atoms with Crippen molar-refractivity contribution >= 4 is 107 Å². The Morgan fingerprint density at radius 1 is 0.377 bits per heavy atom. The molecule has 0 spiro atoms.